The largest absolute Gasteiger partial charge is 0.354 e. The van der Waals surface area contributed by atoms with Crippen molar-refractivity contribution >= 4 is 11.8 Å². The number of rotatable bonds is 4. The third-order valence-electron chi connectivity index (χ3n) is 6.61. The summed E-state index contributed by atoms with van der Waals surface area (Å²) < 4.78 is 0. The average molecular weight is 370 g/mol. The zero-order chi connectivity index (χ0) is 18.6. The minimum Gasteiger partial charge on any atom is -0.354 e. The SMILES string of the molecule is O=C(NCC1CCCNC1)C1CC2CCCCC2N1C(=O)c1ccccc1. The Morgan fingerprint density at radius 2 is 1.89 bits per heavy atom. The van der Waals surface area contributed by atoms with Gasteiger partial charge in [-0.3, -0.25) is 9.59 Å². The third-order valence-corrected chi connectivity index (χ3v) is 6.61. The summed E-state index contributed by atoms with van der Waals surface area (Å²) in [5.41, 5.74) is 0.693. The fourth-order valence-corrected chi connectivity index (χ4v) is 5.18. The number of nitrogens with one attached hydrogen (secondary N) is 2. The lowest BCUT2D eigenvalue weighted by Gasteiger charge is -2.34. The number of hydrogen-bond donors (Lipinski definition) is 2. The van der Waals surface area contributed by atoms with Crippen molar-refractivity contribution in [2.75, 3.05) is 19.6 Å². The molecule has 4 unspecified atom stereocenters. The fraction of sp³-hybridized carbons (Fsp3) is 0.636. The number of hydrogen-bond acceptors (Lipinski definition) is 3. The lowest BCUT2D eigenvalue weighted by Crippen LogP contribution is -2.50. The maximum atomic E-state index is 13.3. The molecule has 3 fully saturated rings. The van der Waals surface area contributed by atoms with Gasteiger partial charge in [-0.1, -0.05) is 31.0 Å². The molecule has 1 saturated carbocycles. The maximum absolute atomic E-state index is 13.3. The second-order valence-corrected chi connectivity index (χ2v) is 8.40. The van der Waals surface area contributed by atoms with Gasteiger partial charge >= 0.3 is 0 Å². The number of carbonyl (C=O) groups is 2. The molecule has 0 spiro atoms. The molecule has 146 valence electrons. The van der Waals surface area contributed by atoms with Crippen LogP contribution in [0.1, 0.15) is 55.3 Å². The van der Waals surface area contributed by atoms with Gasteiger partial charge in [0.25, 0.3) is 5.91 Å². The second-order valence-electron chi connectivity index (χ2n) is 8.40. The van der Waals surface area contributed by atoms with Crippen molar-refractivity contribution in [1.82, 2.24) is 15.5 Å². The average Bonchev–Trinajstić information content (AvgIpc) is 3.12. The highest BCUT2D eigenvalue weighted by molar-refractivity contribution is 5.98. The van der Waals surface area contributed by atoms with Crippen molar-refractivity contribution < 1.29 is 9.59 Å². The van der Waals surface area contributed by atoms with E-state index in [-0.39, 0.29) is 23.9 Å². The van der Waals surface area contributed by atoms with Gasteiger partial charge in [0.1, 0.15) is 6.04 Å². The molecule has 4 atom stereocenters. The second kappa shape index (κ2) is 8.42. The summed E-state index contributed by atoms with van der Waals surface area (Å²) in [6.07, 6.45) is 7.69. The zero-order valence-electron chi connectivity index (χ0n) is 16.0. The van der Waals surface area contributed by atoms with E-state index >= 15 is 0 Å². The van der Waals surface area contributed by atoms with E-state index in [1.165, 1.54) is 12.8 Å². The molecule has 2 N–H and O–H groups in total. The summed E-state index contributed by atoms with van der Waals surface area (Å²) in [6.45, 7) is 2.77. The number of likely N-dealkylation sites (tertiary alicyclic amines) is 1. The van der Waals surface area contributed by atoms with Crippen LogP contribution in [0.4, 0.5) is 0 Å². The molecule has 2 amide bonds. The highest BCUT2D eigenvalue weighted by Crippen LogP contribution is 2.40. The van der Waals surface area contributed by atoms with Gasteiger partial charge in [0.2, 0.25) is 5.91 Å². The minimum atomic E-state index is -0.317. The Morgan fingerprint density at radius 1 is 1.07 bits per heavy atom. The standard InChI is InChI=1S/C22H31N3O2/c26-21(24-15-16-7-6-12-23-14-16)20-13-18-10-4-5-11-19(18)25(20)22(27)17-8-2-1-3-9-17/h1-3,8-9,16,18-20,23H,4-7,10-15H2,(H,24,26). The van der Waals surface area contributed by atoms with E-state index in [4.69, 9.17) is 0 Å². The normalized spacial score (nSPS) is 30.6. The Hall–Kier alpha value is -1.88. The van der Waals surface area contributed by atoms with E-state index in [0.717, 1.165) is 45.2 Å². The van der Waals surface area contributed by atoms with Crippen molar-refractivity contribution in [2.24, 2.45) is 11.8 Å². The molecule has 27 heavy (non-hydrogen) atoms. The van der Waals surface area contributed by atoms with Crippen LogP contribution < -0.4 is 10.6 Å². The van der Waals surface area contributed by atoms with Crippen LogP contribution in [-0.2, 0) is 4.79 Å². The molecule has 3 aliphatic rings. The molecule has 2 saturated heterocycles. The first-order valence-electron chi connectivity index (χ1n) is 10.6. The predicted octanol–water partition coefficient (Wildman–Crippen LogP) is 2.58. The molecule has 0 aromatic heterocycles. The van der Waals surface area contributed by atoms with Crippen molar-refractivity contribution in [3.05, 3.63) is 35.9 Å². The van der Waals surface area contributed by atoms with E-state index in [9.17, 15) is 9.59 Å². The highest BCUT2D eigenvalue weighted by atomic mass is 16.2. The van der Waals surface area contributed by atoms with Crippen molar-refractivity contribution in [3.8, 4) is 0 Å². The number of amides is 2. The molecule has 2 heterocycles. The first kappa shape index (κ1) is 18.5. The van der Waals surface area contributed by atoms with Crippen LogP contribution in [-0.4, -0.2) is 48.4 Å². The van der Waals surface area contributed by atoms with E-state index in [2.05, 4.69) is 10.6 Å². The van der Waals surface area contributed by atoms with E-state index in [1.54, 1.807) is 0 Å². The van der Waals surface area contributed by atoms with Gasteiger partial charge in [-0.15, -0.1) is 0 Å². The van der Waals surface area contributed by atoms with Gasteiger partial charge in [0, 0.05) is 18.2 Å². The fourth-order valence-electron chi connectivity index (χ4n) is 5.18. The summed E-state index contributed by atoms with van der Waals surface area (Å²) in [5.74, 6) is 1.03. The molecule has 2 aliphatic heterocycles. The minimum absolute atomic E-state index is 0.0180. The van der Waals surface area contributed by atoms with E-state index < -0.39 is 0 Å². The lowest BCUT2D eigenvalue weighted by molar-refractivity contribution is -0.125. The van der Waals surface area contributed by atoms with Crippen LogP contribution in [0.3, 0.4) is 0 Å². The first-order chi connectivity index (χ1) is 13.2. The maximum Gasteiger partial charge on any atom is 0.254 e. The number of benzene rings is 1. The highest BCUT2D eigenvalue weighted by Gasteiger charge is 2.47. The van der Waals surface area contributed by atoms with E-state index in [0.29, 0.717) is 23.9 Å². The quantitative estimate of drug-likeness (QED) is 0.858. The van der Waals surface area contributed by atoms with Crippen molar-refractivity contribution in [3.63, 3.8) is 0 Å². The van der Waals surface area contributed by atoms with Crippen molar-refractivity contribution in [2.45, 2.75) is 57.0 Å². The monoisotopic (exact) mass is 369 g/mol. The molecule has 0 bridgehead atoms. The summed E-state index contributed by atoms with van der Waals surface area (Å²) in [7, 11) is 0. The van der Waals surface area contributed by atoms with Crippen LogP contribution >= 0.6 is 0 Å². The molecule has 0 radical (unpaired) electrons. The Bertz CT molecular complexity index is 657. The van der Waals surface area contributed by atoms with Gasteiger partial charge in [-0.05, 0) is 69.2 Å². The smallest absolute Gasteiger partial charge is 0.254 e. The van der Waals surface area contributed by atoms with Crippen LogP contribution in [0.5, 0.6) is 0 Å². The van der Waals surface area contributed by atoms with Crippen LogP contribution in [0.25, 0.3) is 0 Å². The Balaban J connectivity index is 1.48. The third kappa shape index (κ3) is 4.03. The zero-order valence-corrected chi connectivity index (χ0v) is 16.0. The topological polar surface area (TPSA) is 61.4 Å². The van der Waals surface area contributed by atoms with Gasteiger partial charge in [0.05, 0.1) is 0 Å². The van der Waals surface area contributed by atoms with E-state index in [1.807, 2.05) is 35.2 Å². The molecule has 1 aromatic carbocycles. The van der Waals surface area contributed by atoms with Crippen LogP contribution in [0, 0.1) is 11.8 Å². The summed E-state index contributed by atoms with van der Waals surface area (Å²) >= 11 is 0. The van der Waals surface area contributed by atoms with Gasteiger partial charge < -0.3 is 15.5 Å². The molecule has 5 heteroatoms. The molecule has 5 nitrogen and oxygen atoms in total. The molecular formula is C22H31N3O2. The summed E-state index contributed by atoms with van der Waals surface area (Å²) in [5, 5.41) is 6.57. The lowest BCUT2D eigenvalue weighted by atomic mass is 9.84. The van der Waals surface area contributed by atoms with Gasteiger partial charge in [-0.25, -0.2) is 0 Å². The number of piperidine rings is 1. The summed E-state index contributed by atoms with van der Waals surface area (Å²) in [6, 6.07) is 9.34. The Morgan fingerprint density at radius 3 is 2.67 bits per heavy atom. The Kier molecular flexibility index (Phi) is 5.77. The Labute approximate surface area is 161 Å². The molecule has 1 aliphatic carbocycles. The number of carbonyl (C=O) groups excluding carboxylic acids is 2. The molecule has 4 rings (SSSR count). The predicted molar refractivity (Wildman–Crippen MR) is 105 cm³/mol. The van der Waals surface area contributed by atoms with Crippen LogP contribution in [0.2, 0.25) is 0 Å². The van der Waals surface area contributed by atoms with Gasteiger partial charge in [-0.2, -0.15) is 0 Å². The van der Waals surface area contributed by atoms with Crippen molar-refractivity contribution in [1.29, 1.82) is 0 Å². The molecule has 1 aromatic rings. The summed E-state index contributed by atoms with van der Waals surface area (Å²) in [4.78, 5) is 28.2. The molecular weight excluding hydrogens is 338 g/mol. The first-order valence-corrected chi connectivity index (χ1v) is 10.6. The number of nitrogens with zero attached hydrogens (tertiary/aromatic N) is 1. The van der Waals surface area contributed by atoms with Gasteiger partial charge in [0.15, 0.2) is 0 Å². The number of fused-ring (bicyclic) bond motifs is 1. The van der Waals surface area contributed by atoms with Crippen LogP contribution in [0.15, 0.2) is 30.3 Å².